The number of anilines is 1. The topological polar surface area (TPSA) is 123 Å². The highest BCUT2D eigenvalue weighted by Crippen LogP contribution is 2.39. The van der Waals surface area contributed by atoms with E-state index in [0.717, 1.165) is 25.1 Å². The number of amides is 1. The molecule has 1 aliphatic carbocycles. The van der Waals surface area contributed by atoms with Crippen LogP contribution in [0.3, 0.4) is 0 Å². The zero-order valence-corrected chi connectivity index (χ0v) is 19.3. The molecule has 8 nitrogen and oxygen atoms in total. The third-order valence-corrected chi connectivity index (χ3v) is 5.76. The van der Waals surface area contributed by atoms with E-state index in [4.69, 9.17) is 16.2 Å². The van der Waals surface area contributed by atoms with Gasteiger partial charge in [-0.3, -0.25) is 15.3 Å². The number of ketones is 1. The van der Waals surface area contributed by atoms with E-state index in [-0.39, 0.29) is 23.5 Å². The van der Waals surface area contributed by atoms with Gasteiger partial charge >= 0.3 is 0 Å². The number of fused-ring (bicyclic) bond motifs is 2. The molecule has 8 heteroatoms. The van der Waals surface area contributed by atoms with E-state index < -0.39 is 0 Å². The fourth-order valence-corrected chi connectivity index (χ4v) is 4.04. The van der Waals surface area contributed by atoms with Crippen molar-refractivity contribution in [3.05, 3.63) is 88.8 Å². The number of nitrogens with one attached hydrogen (secondary N) is 2. The van der Waals surface area contributed by atoms with Crippen LogP contribution in [0.2, 0.25) is 0 Å². The molecule has 34 heavy (non-hydrogen) atoms. The highest BCUT2D eigenvalue weighted by Gasteiger charge is 2.39. The molecule has 2 aromatic rings. The number of rotatable bonds is 9. The minimum Gasteiger partial charge on any atom is -0.482 e. The molecule has 176 valence electrons. The summed E-state index contributed by atoms with van der Waals surface area (Å²) >= 11 is 0. The summed E-state index contributed by atoms with van der Waals surface area (Å²) in [5.74, 6) is -0.577. The molecular weight excluding hydrogens is 430 g/mol. The lowest BCUT2D eigenvalue weighted by Gasteiger charge is -2.18. The quantitative estimate of drug-likeness (QED) is 0.336. The van der Waals surface area contributed by atoms with Crippen molar-refractivity contribution in [1.82, 2.24) is 10.2 Å². The van der Waals surface area contributed by atoms with E-state index in [1.165, 1.54) is 6.26 Å². The van der Waals surface area contributed by atoms with Crippen LogP contribution in [0.1, 0.15) is 34.3 Å². The molecule has 1 amide bonds. The maximum absolute atomic E-state index is 13.2. The van der Waals surface area contributed by atoms with Crippen molar-refractivity contribution in [3.8, 4) is 0 Å². The first-order valence-electron chi connectivity index (χ1n) is 11.1. The van der Waals surface area contributed by atoms with Gasteiger partial charge in [0.1, 0.15) is 12.5 Å². The van der Waals surface area contributed by atoms with Crippen LogP contribution in [-0.4, -0.2) is 43.5 Å². The van der Waals surface area contributed by atoms with E-state index in [0.29, 0.717) is 33.7 Å². The van der Waals surface area contributed by atoms with Crippen molar-refractivity contribution in [2.45, 2.75) is 19.1 Å². The predicted molar refractivity (Wildman–Crippen MR) is 133 cm³/mol. The Kier molecular flexibility index (Phi) is 6.81. The average molecular weight is 460 g/mol. The van der Waals surface area contributed by atoms with Crippen LogP contribution in [0.4, 0.5) is 5.69 Å². The molecule has 0 spiro atoms. The lowest BCUT2D eigenvalue weighted by Crippen LogP contribution is -2.23. The maximum Gasteiger partial charge on any atom is 0.258 e. The van der Waals surface area contributed by atoms with Gasteiger partial charge in [0.25, 0.3) is 5.91 Å². The van der Waals surface area contributed by atoms with Gasteiger partial charge in [0.2, 0.25) is 0 Å². The molecule has 0 bridgehead atoms. The Morgan fingerprint density at radius 2 is 1.76 bits per heavy atom. The van der Waals surface area contributed by atoms with Crippen molar-refractivity contribution in [2.24, 2.45) is 11.5 Å². The van der Waals surface area contributed by atoms with Crippen LogP contribution < -0.4 is 22.1 Å². The number of hydrogen-bond acceptors (Lipinski definition) is 7. The Hall–Kier alpha value is -3.88. The lowest BCUT2D eigenvalue weighted by atomic mass is 9.84. The van der Waals surface area contributed by atoms with Gasteiger partial charge < -0.3 is 26.0 Å². The summed E-state index contributed by atoms with van der Waals surface area (Å²) in [5.41, 5.74) is 16.2. The molecule has 0 fully saturated rings. The lowest BCUT2D eigenvalue weighted by molar-refractivity contribution is -0.115. The van der Waals surface area contributed by atoms with Gasteiger partial charge in [0, 0.05) is 23.0 Å². The molecule has 0 saturated carbocycles. The second-order valence-corrected chi connectivity index (χ2v) is 8.51. The highest BCUT2D eigenvalue weighted by atomic mass is 16.5. The Morgan fingerprint density at radius 3 is 2.47 bits per heavy atom. The number of carbonyl (C=O) groups is 2. The van der Waals surface area contributed by atoms with Crippen LogP contribution in [0.25, 0.3) is 11.4 Å². The summed E-state index contributed by atoms with van der Waals surface area (Å²) in [6.45, 7) is 0.964. The molecular formula is C26H29N5O3. The van der Waals surface area contributed by atoms with Gasteiger partial charge in [-0.15, -0.1) is 0 Å². The van der Waals surface area contributed by atoms with Crippen LogP contribution >= 0.6 is 0 Å². The zero-order chi connectivity index (χ0) is 24.2. The minimum absolute atomic E-state index is 0.211. The first kappa shape index (κ1) is 23.3. The van der Waals surface area contributed by atoms with Crippen molar-refractivity contribution >= 4 is 28.8 Å². The Balaban J connectivity index is 1.45. The van der Waals surface area contributed by atoms with Gasteiger partial charge in [-0.1, -0.05) is 36.4 Å². The highest BCUT2D eigenvalue weighted by molar-refractivity contribution is 6.32. The van der Waals surface area contributed by atoms with Gasteiger partial charge in [0.05, 0.1) is 22.5 Å². The SMILES string of the molecule is CN(C)CCCC(N)O/C=C/Nc1ccc(C2=C3C(=O)c4ccccc4C(N)=C3C(=O)N2)cc1. The zero-order valence-electron chi connectivity index (χ0n) is 19.3. The number of carbonyl (C=O) groups excluding carboxylic acids is 2. The van der Waals surface area contributed by atoms with Gasteiger partial charge in [0.15, 0.2) is 5.78 Å². The van der Waals surface area contributed by atoms with Crippen LogP contribution in [0.15, 0.2) is 72.1 Å². The second-order valence-electron chi connectivity index (χ2n) is 8.51. The normalized spacial score (nSPS) is 16.1. The van der Waals surface area contributed by atoms with Crippen LogP contribution in [-0.2, 0) is 9.53 Å². The number of hydrogen-bond donors (Lipinski definition) is 4. The standard InChI is InChI=1S/C26H29N5O3/c1-31(2)14-5-8-20(27)34-15-13-29-17-11-9-16(10-12-17)24-22-21(26(33)30-24)23(28)18-6-3-4-7-19(18)25(22)32/h3-4,6-7,9-13,15,20,29H,5,8,14,27-28H2,1-2H3,(H,30,33)/b15-13+. The maximum atomic E-state index is 13.2. The smallest absolute Gasteiger partial charge is 0.258 e. The fourth-order valence-electron chi connectivity index (χ4n) is 4.04. The molecule has 4 rings (SSSR count). The van der Waals surface area contributed by atoms with E-state index in [1.807, 2.05) is 38.4 Å². The van der Waals surface area contributed by atoms with E-state index in [9.17, 15) is 9.59 Å². The monoisotopic (exact) mass is 459 g/mol. The molecule has 1 heterocycles. The minimum atomic E-state index is -0.366. The first-order valence-corrected chi connectivity index (χ1v) is 11.1. The van der Waals surface area contributed by atoms with Crippen LogP contribution in [0.5, 0.6) is 0 Å². The van der Waals surface area contributed by atoms with Gasteiger partial charge in [-0.25, -0.2) is 0 Å². The molecule has 0 radical (unpaired) electrons. The second kappa shape index (κ2) is 9.94. The predicted octanol–water partition coefficient (Wildman–Crippen LogP) is 2.62. The Labute approximate surface area is 198 Å². The summed E-state index contributed by atoms with van der Waals surface area (Å²) in [6, 6.07) is 14.4. The molecule has 0 saturated heterocycles. The van der Waals surface area contributed by atoms with Crippen molar-refractivity contribution in [1.29, 1.82) is 0 Å². The van der Waals surface area contributed by atoms with E-state index in [2.05, 4.69) is 15.5 Å². The number of Topliss-reactive ketones (excluding diaryl/α,β-unsaturated/α-hetero) is 1. The van der Waals surface area contributed by atoms with Crippen molar-refractivity contribution in [2.75, 3.05) is 26.0 Å². The van der Waals surface area contributed by atoms with E-state index in [1.54, 1.807) is 30.5 Å². The van der Waals surface area contributed by atoms with Crippen molar-refractivity contribution in [3.63, 3.8) is 0 Å². The molecule has 1 atom stereocenters. The molecule has 1 unspecified atom stereocenters. The summed E-state index contributed by atoms with van der Waals surface area (Å²) in [6.07, 6.45) is 4.58. The van der Waals surface area contributed by atoms with Gasteiger partial charge in [-0.05, 0) is 51.2 Å². The number of ether oxygens (including phenoxy) is 1. The third kappa shape index (κ3) is 4.73. The Bertz CT molecular complexity index is 1200. The third-order valence-electron chi connectivity index (χ3n) is 5.76. The Morgan fingerprint density at radius 1 is 1.06 bits per heavy atom. The molecule has 2 aromatic carbocycles. The number of nitrogens with zero attached hydrogens (tertiary/aromatic N) is 1. The molecule has 6 N–H and O–H groups in total. The summed E-state index contributed by atoms with van der Waals surface area (Å²) in [5, 5.41) is 5.94. The average Bonchev–Trinajstić information content (AvgIpc) is 3.18. The summed E-state index contributed by atoms with van der Waals surface area (Å²) in [4.78, 5) is 28.0. The van der Waals surface area contributed by atoms with Crippen molar-refractivity contribution < 1.29 is 14.3 Å². The fraction of sp³-hybridized carbons (Fsp3) is 0.231. The molecule has 0 aromatic heterocycles. The van der Waals surface area contributed by atoms with Gasteiger partial charge in [-0.2, -0.15) is 0 Å². The largest absolute Gasteiger partial charge is 0.482 e. The first-order chi connectivity index (χ1) is 16.4. The number of benzene rings is 2. The number of nitrogens with two attached hydrogens (primary N) is 2. The molecule has 2 aliphatic rings. The molecule has 1 aliphatic heterocycles. The summed E-state index contributed by atoms with van der Waals surface area (Å²) < 4.78 is 5.48. The summed E-state index contributed by atoms with van der Waals surface area (Å²) in [7, 11) is 4.05. The van der Waals surface area contributed by atoms with E-state index >= 15 is 0 Å². The van der Waals surface area contributed by atoms with Crippen LogP contribution in [0, 0.1) is 0 Å².